The summed E-state index contributed by atoms with van der Waals surface area (Å²) >= 11 is 0. The van der Waals surface area contributed by atoms with Crippen LogP contribution < -0.4 is 9.47 Å². The number of nitrogens with one attached hydrogen (secondary N) is 1. The zero-order chi connectivity index (χ0) is 22.1. The molecule has 0 amide bonds. The number of aryl methyl sites for hydroxylation is 1. The fraction of sp³-hybridized carbons (Fsp3) is 0.500. The van der Waals surface area contributed by atoms with Gasteiger partial charge in [-0.3, -0.25) is 9.69 Å². The monoisotopic (exact) mass is 426 g/mol. The number of aromatic amines is 1. The van der Waals surface area contributed by atoms with Crippen molar-refractivity contribution < 1.29 is 23.8 Å². The van der Waals surface area contributed by atoms with Crippen molar-refractivity contribution in [2.24, 2.45) is 0 Å². The van der Waals surface area contributed by atoms with Crippen LogP contribution in [0.4, 0.5) is 0 Å². The zero-order valence-corrected chi connectivity index (χ0v) is 18.6. The summed E-state index contributed by atoms with van der Waals surface area (Å²) in [7, 11) is 1.35. The average Bonchev–Trinajstić information content (AvgIpc) is 3.28. The molecule has 4 rings (SSSR count). The van der Waals surface area contributed by atoms with Crippen LogP contribution >= 0.6 is 0 Å². The van der Waals surface area contributed by atoms with Gasteiger partial charge in [0.05, 0.1) is 37.6 Å². The Morgan fingerprint density at radius 1 is 1.16 bits per heavy atom. The van der Waals surface area contributed by atoms with Crippen LogP contribution in [0.25, 0.3) is 0 Å². The highest BCUT2D eigenvalue weighted by Crippen LogP contribution is 2.39. The Morgan fingerprint density at radius 2 is 1.90 bits per heavy atom. The molecule has 1 fully saturated rings. The van der Waals surface area contributed by atoms with E-state index in [2.05, 4.69) is 22.0 Å². The average molecular weight is 427 g/mol. The first-order chi connectivity index (χ1) is 14.9. The maximum Gasteiger partial charge on any atom is 0.339 e. The Bertz CT molecular complexity index is 996. The number of nitrogens with zero attached hydrogens (tertiary/aromatic N) is 1. The van der Waals surface area contributed by atoms with Crippen LogP contribution in [-0.2, 0) is 4.74 Å². The van der Waals surface area contributed by atoms with Crippen LogP contribution in [0.1, 0.15) is 69.9 Å². The van der Waals surface area contributed by atoms with E-state index in [1.54, 1.807) is 13.8 Å². The topological polar surface area (TPSA) is 80.9 Å². The number of carbonyl (C=O) groups excluding carboxylic acids is 2. The summed E-state index contributed by atoms with van der Waals surface area (Å²) in [5, 5.41) is 0. The Balaban J connectivity index is 1.59. The molecule has 0 unspecified atom stereocenters. The number of likely N-dealkylation sites (tertiary alicyclic amines) is 1. The van der Waals surface area contributed by atoms with Crippen molar-refractivity contribution in [3.63, 3.8) is 0 Å². The van der Waals surface area contributed by atoms with Gasteiger partial charge < -0.3 is 19.2 Å². The van der Waals surface area contributed by atoms with Gasteiger partial charge in [-0.15, -0.1) is 0 Å². The summed E-state index contributed by atoms with van der Waals surface area (Å²) in [6.07, 6.45) is 2.87. The molecule has 31 heavy (non-hydrogen) atoms. The lowest BCUT2D eigenvalue weighted by atomic mass is 10.00. The fourth-order valence-electron chi connectivity index (χ4n) is 4.76. The normalized spacial score (nSPS) is 19.7. The number of ether oxygens (including phenoxy) is 3. The molecule has 1 aromatic heterocycles. The van der Waals surface area contributed by atoms with E-state index in [-0.39, 0.29) is 17.9 Å². The van der Waals surface area contributed by atoms with Crippen LogP contribution in [0.3, 0.4) is 0 Å². The molecular formula is C24H30N2O5. The SMILES string of the molecule is COC(=O)c1c(C)[nH]c(C(=O)[C@H](C)N2CCC[C@@H]2c2ccc3c(c2)OCCCO3)c1C. The Kier molecular flexibility index (Phi) is 6.05. The van der Waals surface area contributed by atoms with E-state index in [4.69, 9.17) is 14.2 Å². The van der Waals surface area contributed by atoms with Crippen molar-refractivity contribution in [2.45, 2.75) is 52.1 Å². The molecule has 0 aliphatic carbocycles. The molecule has 0 radical (unpaired) electrons. The number of methoxy groups -OCH3 is 1. The Hall–Kier alpha value is -2.80. The lowest BCUT2D eigenvalue weighted by Gasteiger charge is -2.30. The van der Waals surface area contributed by atoms with Gasteiger partial charge in [-0.25, -0.2) is 4.79 Å². The number of benzene rings is 1. The molecule has 3 heterocycles. The Morgan fingerprint density at radius 3 is 2.65 bits per heavy atom. The van der Waals surface area contributed by atoms with Crippen LogP contribution in [0.5, 0.6) is 11.5 Å². The second-order valence-electron chi connectivity index (χ2n) is 8.31. The van der Waals surface area contributed by atoms with Crippen LogP contribution in [0, 0.1) is 13.8 Å². The molecule has 1 saturated heterocycles. The molecule has 0 saturated carbocycles. The number of esters is 1. The molecule has 2 aliphatic rings. The van der Waals surface area contributed by atoms with Gasteiger partial charge in [-0.05, 0) is 63.4 Å². The maximum atomic E-state index is 13.4. The van der Waals surface area contributed by atoms with Gasteiger partial charge in [0.25, 0.3) is 0 Å². The van der Waals surface area contributed by atoms with Crippen molar-refractivity contribution in [3.05, 3.63) is 46.3 Å². The summed E-state index contributed by atoms with van der Waals surface area (Å²) in [5.74, 6) is 1.11. The molecule has 2 aliphatic heterocycles. The third-order valence-electron chi connectivity index (χ3n) is 6.40. The van der Waals surface area contributed by atoms with E-state index in [0.717, 1.165) is 42.9 Å². The van der Waals surface area contributed by atoms with Gasteiger partial charge >= 0.3 is 5.97 Å². The van der Waals surface area contributed by atoms with Crippen LogP contribution in [0.15, 0.2) is 18.2 Å². The second-order valence-corrected chi connectivity index (χ2v) is 8.31. The van der Waals surface area contributed by atoms with E-state index in [1.807, 2.05) is 13.0 Å². The molecule has 0 spiro atoms. The van der Waals surface area contributed by atoms with Gasteiger partial charge in [0.15, 0.2) is 17.3 Å². The van der Waals surface area contributed by atoms with Gasteiger partial charge in [-0.1, -0.05) is 6.07 Å². The third kappa shape index (κ3) is 3.94. The van der Waals surface area contributed by atoms with Crippen molar-refractivity contribution in [2.75, 3.05) is 26.9 Å². The second kappa shape index (κ2) is 8.75. The van der Waals surface area contributed by atoms with Gasteiger partial charge in [0, 0.05) is 18.2 Å². The van der Waals surface area contributed by atoms with Crippen molar-refractivity contribution in [3.8, 4) is 11.5 Å². The Labute approximate surface area is 182 Å². The largest absolute Gasteiger partial charge is 0.490 e. The quantitative estimate of drug-likeness (QED) is 0.575. The van der Waals surface area contributed by atoms with E-state index in [1.165, 1.54) is 7.11 Å². The number of hydrogen-bond acceptors (Lipinski definition) is 6. The molecule has 166 valence electrons. The highest BCUT2D eigenvalue weighted by Gasteiger charge is 2.35. The first kappa shape index (κ1) is 21.4. The highest BCUT2D eigenvalue weighted by molar-refractivity contribution is 6.03. The van der Waals surface area contributed by atoms with E-state index in [9.17, 15) is 9.59 Å². The summed E-state index contributed by atoms with van der Waals surface area (Å²) in [6.45, 7) is 7.67. The minimum Gasteiger partial charge on any atom is -0.490 e. The number of H-pyrrole nitrogens is 1. The van der Waals surface area contributed by atoms with E-state index < -0.39 is 5.97 Å². The standard InChI is InChI=1S/C24H30N2O5/c1-14-21(24(28)29-4)15(2)25-22(14)23(27)16(3)26-10-5-7-18(26)17-8-9-19-20(13-17)31-12-6-11-30-19/h8-9,13,16,18,25H,5-7,10-12H2,1-4H3/t16-,18+/m0/s1. The molecule has 7 nitrogen and oxygen atoms in total. The van der Waals surface area contributed by atoms with Gasteiger partial charge in [0.1, 0.15) is 0 Å². The van der Waals surface area contributed by atoms with Crippen molar-refractivity contribution in [1.29, 1.82) is 0 Å². The maximum absolute atomic E-state index is 13.4. The van der Waals surface area contributed by atoms with Crippen LogP contribution in [-0.4, -0.2) is 54.5 Å². The predicted octanol–water partition coefficient (Wildman–Crippen LogP) is 3.99. The summed E-state index contributed by atoms with van der Waals surface area (Å²) < 4.78 is 16.5. The predicted molar refractivity (Wildman–Crippen MR) is 116 cm³/mol. The van der Waals surface area contributed by atoms with Crippen molar-refractivity contribution >= 4 is 11.8 Å². The minimum atomic E-state index is -0.427. The van der Waals surface area contributed by atoms with E-state index >= 15 is 0 Å². The molecule has 2 aromatic rings. The number of rotatable bonds is 5. The molecule has 1 aromatic carbocycles. The van der Waals surface area contributed by atoms with Gasteiger partial charge in [0.2, 0.25) is 0 Å². The number of hydrogen-bond donors (Lipinski definition) is 1. The van der Waals surface area contributed by atoms with Crippen LogP contribution in [0.2, 0.25) is 0 Å². The molecular weight excluding hydrogens is 396 g/mol. The number of fused-ring (bicyclic) bond motifs is 1. The third-order valence-corrected chi connectivity index (χ3v) is 6.40. The number of carbonyl (C=O) groups is 2. The van der Waals surface area contributed by atoms with Gasteiger partial charge in [-0.2, -0.15) is 0 Å². The molecule has 7 heteroatoms. The minimum absolute atomic E-state index is 0.0167. The summed E-state index contributed by atoms with van der Waals surface area (Å²) in [6, 6.07) is 5.91. The zero-order valence-electron chi connectivity index (χ0n) is 18.6. The lowest BCUT2D eigenvalue weighted by Crippen LogP contribution is -2.39. The number of ketones is 1. The molecule has 0 bridgehead atoms. The highest BCUT2D eigenvalue weighted by atomic mass is 16.5. The summed E-state index contributed by atoms with van der Waals surface area (Å²) in [4.78, 5) is 30.9. The summed E-state index contributed by atoms with van der Waals surface area (Å²) in [5.41, 5.74) is 3.36. The van der Waals surface area contributed by atoms with Crippen molar-refractivity contribution in [1.82, 2.24) is 9.88 Å². The fourth-order valence-corrected chi connectivity index (χ4v) is 4.76. The number of Topliss-reactive ketones (excluding diaryl/α,β-unsaturated/α-hetero) is 1. The first-order valence-corrected chi connectivity index (χ1v) is 10.9. The lowest BCUT2D eigenvalue weighted by molar-refractivity contribution is 0.0599. The number of aromatic nitrogens is 1. The first-order valence-electron chi connectivity index (χ1n) is 10.9. The van der Waals surface area contributed by atoms with E-state index in [0.29, 0.717) is 35.7 Å². The molecule has 1 N–H and O–H groups in total. The molecule has 2 atom stereocenters. The smallest absolute Gasteiger partial charge is 0.339 e.